The van der Waals surface area contributed by atoms with Gasteiger partial charge in [0.15, 0.2) is 5.75 Å². The Labute approximate surface area is 244 Å². The molecule has 0 aliphatic carbocycles. The molecular weight excluding hydrogens is 557 g/mol. The second-order valence-corrected chi connectivity index (χ2v) is 10.3. The number of amides is 1. The van der Waals surface area contributed by atoms with Crippen LogP contribution in [0.4, 0.5) is 4.39 Å². The highest BCUT2D eigenvalue weighted by Gasteiger charge is 2.37. The van der Waals surface area contributed by atoms with Gasteiger partial charge in [-0.05, 0) is 60.9 Å². The Hall–Kier alpha value is -5.26. The van der Waals surface area contributed by atoms with Crippen LogP contribution in [0.5, 0.6) is 5.75 Å². The van der Waals surface area contributed by atoms with Gasteiger partial charge in [0, 0.05) is 27.9 Å². The van der Waals surface area contributed by atoms with Crippen molar-refractivity contribution in [2.24, 2.45) is 0 Å². The molecule has 0 bridgehead atoms. The standard InChI is InChI=1S/C33H21ClFN3O4/c1-17-7-12-22(34)14-24(17)31(39)38-32-25(15-36)27(28-29(42-32)23-5-3-4-6-26(23)41-33(28)40)20-10-8-19(9-11-20)21-13-18(2)30(35)37-16-21/h3-14,16,27H,1-2H3,(H,38,39). The van der Waals surface area contributed by atoms with Crippen LogP contribution in [0.15, 0.2) is 99.7 Å². The number of benzene rings is 3. The number of ether oxygens (including phenoxy) is 1. The largest absolute Gasteiger partial charge is 0.438 e. The van der Waals surface area contributed by atoms with Crippen LogP contribution in [-0.4, -0.2) is 10.9 Å². The quantitative estimate of drug-likeness (QED) is 0.183. The van der Waals surface area contributed by atoms with Crippen molar-refractivity contribution in [3.8, 4) is 22.9 Å². The molecule has 0 radical (unpaired) electrons. The Morgan fingerprint density at radius 3 is 2.52 bits per heavy atom. The van der Waals surface area contributed by atoms with Crippen LogP contribution < -0.4 is 15.7 Å². The minimum absolute atomic E-state index is 0.0187. The number of para-hydroxylation sites is 1. The van der Waals surface area contributed by atoms with E-state index in [9.17, 15) is 19.2 Å². The monoisotopic (exact) mass is 577 g/mol. The second kappa shape index (κ2) is 10.6. The van der Waals surface area contributed by atoms with Gasteiger partial charge in [0.25, 0.3) is 5.91 Å². The van der Waals surface area contributed by atoms with Gasteiger partial charge in [-0.2, -0.15) is 9.65 Å². The van der Waals surface area contributed by atoms with Crippen molar-refractivity contribution in [1.29, 1.82) is 5.26 Å². The van der Waals surface area contributed by atoms with Crippen LogP contribution in [-0.2, 0) is 0 Å². The highest BCUT2D eigenvalue weighted by Crippen LogP contribution is 2.44. The molecule has 5 aromatic rings. The van der Waals surface area contributed by atoms with Crippen molar-refractivity contribution in [2.45, 2.75) is 19.8 Å². The number of aryl methyl sites for hydroxylation is 2. The minimum Gasteiger partial charge on any atom is -0.438 e. The molecule has 0 saturated carbocycles. The number of hydrogen-bond acceptors (Lipinski definition) is 6. The lowest BCUT2D eigenvalue weighted by molar-refractivity contribution is 0.0947. The molecule has 0 fully saturated rings. The molecule has 0 saturated heterocycles. The third-order valence-electron chi connectivity index (χ3n) is 7.21. The summed E-state index contributed by atoms with van der Waals surface area (Å²) in [6, 6.07) is 22.7. The maximum Gasteiger partial charge on any atom is 0.344 e. The first kappa shape index (κ1) is 26.9. The first-order chi connectivity index (χ1) is 20.2. The fourth-order valence-corrected chi connectivity index (χ4v) is 5.23. The number of pyridine rings is 1. The Morgan fingerprint density at radius 2 is 1.79 bits per heavy atom. The summed E-state index contributed by atoms with van der Waals surface area (Å²) in [4.78, 5) is 30.6. The topological polar surface area (TPSA) is 105 Å². The molecule has 42 heavy (non-hydrogen) atoms. The third kappa shape index (κ3) is 4.70. The van der Waals surface area contributed by atoms with Gasteiger partial charge in [-0.25, -0.2) is 9.78 Å². The van der Waals surface area contributed by atoms with Crippen molar-refractivity contribution in [3.63, 3.8) is 0 Å². The molecule has 3 aromatic carbocycles. The zero-order chi connectivity index (χ0) is 29.5. The first-order valence-corrected chi connectivity index (χ1v) is 13.3. The van der Waals surface area contributed by atoms with Crippen molar-refractivity contribution < 1.29 is 18.3 Å². The Kier molecular flexibility index (Phi) is 6.81. The number of fused-ring (bicyclic) bond motifs is 3. The Morgan fingerprint density at radius 1 is 1.02 bits per heavy atom. The molecule has 1 N–H and O–H groups in total. The van der Waals surface area contributed by atoms with E-state index in [1.807, 2.05) is 0 Å². The summed E-state index contributed by atoms with van der Waals surface area (Å²) in [5.74, 6) is -1.90. The van der Waals surface area contributed by atoms with E-state index in [1.54, 1.807) is 80.6 Å². The number of carbonyl (C=O) groups excluding carboxylic acids is 1. The highest BCUT2D eigenvalue weighted by molar-refractivity contribution is 6.31. The van der Waals surface area contributed by atoms with E-state index in [4.69, 9.17) is 20.8 Å². The molecule has 1 aliphatic heterocycles. The molecule has 7 nitrogen and oxygen atoms in total. The number of halogens is 2. The van der Waals surface area contributed by atoms with Crippen molar-refractivity contribution in [2.75, 3.05) is 0 Å². The second-order valence-electron chi connectivity index (χ2n) is 9.89. The lowest BCUT2D eigenvalue weighted by Gasteiger charge is -2.28. The van der Waals surface area contributed by atoms with Gasteiger partial charge in [-0.3, -0.25) is 10.1 Å². The average Bonchev–Trinajstić information content (AvgIpc) is 2.99. The van der Waals surface area contributed by atoms with Crippen LogP contribution in [0.1, 0.15) is 38.5 Å². The summed E-state index contributed by atoms with van der Waals surface area (Å²) >= 11 is 6.14. The van der Waals surface area contributed by atoms with Gasteiger partial charge in [-0.15, -0.1) is 0 Å². The van der Waals surface area contributed by atoms with Crippen LogP contribution in [0.25, 0.3) is 22.1 Å². The molecule has 9 heteroatoms. The molecule has 1 aliphatic rings. The smallest absolute Gasteiger partial charge is 0.344 e. The molecule has 3 heterocycles. The third-order valence-corrected chi connectivity index (χ3v) is 7.44. The lowest BCUT2D eigenvalue weighted by Crippen LogP contribution is -2.33. The lowest BCUT2D eigenvalue weighted by atomic mass is 9.83. The summed E-state index contributed by atoms with van der Waals surface area (Å²) < 4.78 is 25.5. The van der Waals surface area contributed by atoms with E-state index in [1.165, 1.54) is 12.3 Å². The number of carbonyl (C=O) groups is 1. The summed E-state index contributed by atoms with van der Waals surface area (Å²) in [5.41, 5.74) is 3.23. The maximum atomic E-state index is 13.7. The predicted molar refractivity (Wildman–Crippen MR) is 156 cm³/mol. The number of nitrogens with one attached hydrogen (secondary N) is 1. The van der Waals surface area contributed by atoms with Gasteiger partial charge in [0.05, 0.1) is 16.9 Å². The first-order valence-electron chi connectivity index (χ1n) is 12.9. The molecule has 0 spiro atoms. The SMILES string of the molecule is Cc1ccc(Cl)cc1C(=O)NC1=C(C#N)C(c2ccc(-c3cnc(F)c(C)c3)cc2)c2c(c3ccccc3oc2=O)O1. The number of nitriles is 1. The van der Waals surface area contributed by atoms with E-state index >= 15 is 0 Å². The van der Waals surface area contributed by atoms with Crippen molar-refractivity contribution in [1.82, 2.24) is 10.3 Å². The van der Waals surface area contributed by atoms with Crippen LogP contribution in [0.3, 0.4) is 0 Å². The zero-order valence-corrected chi connectivity index (χ0v) is 23.1. The van der Waals surface area contributed by atoms with Crippen LogP contribution >= 0.6 is 11.6 Å². The fourth-order valence-electron chi connectivity index (χ4n) is 5.06. The normalized spacial score (nSPS) is 14.2. The highest BCUT2D eigenvalue weighted by atomic mass is 35.5. The molecule has 206 valence electrons. The molecular formula is C33H21ClFN3O4. The molecule has 1 atom stereocenters. The fraction of sp³-hybridized carbons (Fsp3) is 0.0909. The van der Waals surface area contributed by atoms with Gasteiger partial charge >= 0.3 is 5.63 Å². The van der Waals surface area contributed by atoms with Gasteiger partial charge < -0.3 is 9.15 Å². The summed E-state index contributed by atoms with van der Waals surface area (Å²) in [5, 5.41) is 14.0. The zero-order valence-electron chi connectivity index (χ0n) is 22.4. The average molecular weight is 578 g/mol. The Balaban J connectivity index is 1.51. The van der Waals surface area contributed by atoms with Crippen molar-refractivity contribution >= 4 is 28.5 Å². The van der Waals surface area contributed by atoms with Crippen LogP contribution in [0, 0.1) is 31.1 Å². The molecule has 1 unspecified atom stereocenters. The van der Waals surface area contributed by atoms with Gasteiger partial charge in [0.2, 0.25) is 11.8 Å². The van der Waals surface area contributed by atoms with E-state index < -0.39 is 23.4 Å². The van der Waals surface area contributed by atoms with Crippen LogP contribution in [0.2, 0.25) is 5.02 Å². The van der Waals surface area contributed by atoms with E-state index in [2.05, 4.69) is 16.4 Å². The summed E-state index contributed by atoms with van der Waals surface area (Å²) in [7, 11) is 0. The number of hydrogen-bond donors (Lipinski definition) is 1. The molecule has 6 rings (SSSR count). The number of rotatable bonds is 4. The number of nitrogens with zero attached hydrogens (tertiary/aromatic N) is 2. The molecule has 1 amide bonds. The maximum absolute atomic E-state index is 13.7. The van der Waals surface area contributed by atoms with Gasteiger partial charge in [0.1, 0.15) is 17.2 Å². The van der Waals surface area contributed by atoms with E-state index in [0.717, 1.165) is 5.56 Å². The summed E-state index contributed by atoms with van der Waals surface area (Å²) in [6.45, 7) is 3.40. The summed E-state index contributed by atoms with van der Waals surface area (Å²) in [6.07, 6.45) is 1.44. The van der Waals surface area contributed by atoms with E-state index in [0.29, 0.717) is 43.8 Å². The van der Waals surface area contributed by atoms with Crippen molar-refractivity contribution in [3.05, 3.63) is 140 Å². The predicted octanol–water partition coefficient (Wildman–Crippen LogP) is 6.95. The number of allylic oxidation sites excluding steroid dienone is 1. The van der Waals surface area contributed by atoms with Gasteiger partial charge in [-0.1, -0.05) is 54.1 Å². The Bertz CT molecular complexity index is 2040. The molecule has 2 aromatic heterocycles. The number of aromatic nitrogens is 1. The minimum atomic E-state index is -0.919. The van der Waals surface area contributed by atoms with E-state index in [-0.39, 0.29) is 22.8 Å².